The summed E-state index contributed by atoms with van der Waals surface area (Å²) in [6.07, 6.45) is 3.38. The fourth-order valence-electron chi connectivity index (χ4n) is 3.96. The number of nitrogens with one attached hydrogen (secondary N) is 1. The fraction of sp³-hybridized carbons (Fsp3) is 0.333. The van der Waals surface area contributed by atoms with Gasteiger partial charge >= 0.3 is 0 Å². The minimum Gasteiger partial charge on any atom is -0.396 e. The Morgan fingerprint density at radius 1 is 1.13 bits per heavy atom. The van der Waals surface area contributed by atoms with Crippen LogP contribution < -0.4 is 10.5 Å². The lowest BCUT2D eigenvalue weighted by atomic mass is 9.90. The average molecular weight is 448 g/mol. The highest BCUT2D eigenvalue weighted by atomic mass is 32.2. The van der Waals surface area contributed by atoms with Crippen LogP contribution in [-0.4, -0.2) is 35.3 Å². The Kier molecular flexibility index (Phi) is 5.76. The molecule has 31 heavy (non-hydrogen) atoms. The highest BCUT2D eigenvalue weighted by molar-refractivity contribution is 7.93. The summed E-state index contributed by atoms with van der Waals surface area (Å²) in [6, 6.07) is 6.69. The molecule has 10 heteroatoms. The second-order valence-corrected chi connectivity index (χ2v) is 9.72. The Hall–Kier alpha value is -2.85. The van der Waals surface area contributed by atoms with E-state index < -0.39 is 26.9 Å². The molecule has 1 saturated carbocycles. The lowest BCUT2D eigenvalue weighted by Gasteiger charge is -2.27. The normalized spacial score (nSPS) is 19.5. The first-order valence-corrected chi connectivity index (χ1v) is 11.5. The molecule has 7 nitrogen and oxygen atoms in total. The van der Waals surface area contributed by atoms with Gasteiger partial charge in [0, 0.05) is 18.2 Å². The van der Waals surface area contributed by atoms with Gasteiger partial charge in [0.15, 0.2) is 5.82 Å². The van der Waals surface area contributed by atoms with Crippen molar-refractivity contribution in [3.63, 3.8) is 0 Å². The summed E-state index contributed by atoms with van der Waals surface area (Å²) in [6.45, 7) is 0.0273. The van der Waals surface area contributed by atoms with Crippen LogP contribution >= 0.6 is 0 Å². The first kappa shape index (κ1) is 21.4. The van der Waals surface area contributed by atoms with Gasteiger partial charge in [-0.2, -0.15) is 0 Å². The van der Waals surface area contributed by atoms with Crippen LogP contribution in [0.1, 0.15) is 25.7 Å². The molecule has 0 bridgehead atoms. The lowest BCUT2D eigenvalue weighted by molar-refractivity contribution is 0.191. The van der Waals surface area contributed by atoms with Crippen molar-refractivity contribution in [3.05, 3.63) is 48.2 Å². The first-order chi connectivity index (χ1) is 14.8. The molecule has 0 saturated heterocycles. The number of aromatic nitrogens is 2. The van der Waals surface area contributed by atoms with E-state index in [1.54, 1.807) is 6.07 Å². The number of fused-ring (bicyclic) bond motifs is 1. The number of nitrogens with two attached hydrogens (primary N) is 1. The van der Waals surface area contributed by atoms with E-state index in [4.69, 9.17) is 5.73 Å². The highest BCUT2D eigenvalue weighted by Gasteiger charge is 2.31. The van der Waals surface area contributed by atoms with Crippen LogP contribution in [0.2, 0.25) is 0 Å². The zero-order valence-electron chi connectivity index (χ0n) is 16.6. The third-order valence-corrected chi connectivity index (χ3v) is 7.57. The van der Waals surface area contributed by atoms with Gasteiger partial charge in [-0.25, -0.2) is 27.2 Å². The molecule has 164 valence electrons. The molecule has 2 aromatic carbocycles. The number of rotatable bonds is 5. The van der Waals surface area contributed by atoms with Gasteiger partial charge in [-0.15, -0.1) is 0 Å². The Labute approximate surface area is 178 Å². The number of hydrogen-bond acceptors (Lipinski definition) is 6. The fourth-order valence-corrected chi connectivity index (χ4v) is 5.48. The van der Waals surface area contributed by atoms with E-state index in [0.29, 0.717) is 36.6 Å². The topological polar surface area (TPSA) is 118 Å². The van der Waals surface area contributed by atoms with Crippen LogP contribution in [0.4, 0.5) is 20.4 Å². The summed E-state index contributed by atoms with van der Waals surface area (Å²) in [4.78, 5) is 7.94. The van der Waals surface area contributed by atoms with Crippen molar-refractivity contribution >= 4 is 32.6 Å². The minimum absolute atomic E-state index is 0.0273. The summed E-state index contributed by atoms with van der Waals surface area (Å²) in [5.74, 6) is -1.64. The van der Waals surface area contributed by atoms with Crippen LogP contribution in [0.3, 0.4) is 0 Å². The van der Waals surface area contributed by atoms with E-state index in [1.165, 1.54) is 18.3 Å². The van der Waals surface area contributed by atoms with Gasteiger partial charge in [0.1, 0.15) is 5.82 Å². The Morgan fingerprint density at radius 2 is 1.87 bits per heavy atom. The molecule has 0 radical (unpaired) electrons. The van der Waals surface area contributed by atoms with Gasteiger partial charge in [0.2, 0.25) is 16.0 Å². The van der Waals surface area contributed by atoms with Crippen LogP contribution in [0.25, 0.3) is 22.0 Å². The van der Waals surface area contributed by atoms with Crippen molar-refractivity contribution in [2.45, 2.75) is 30.9 Å². The van der Waals surface area contributed by atoms with E-state index in [-0.39, 0.29) is 35.3 Å². The standard InChI is InChI=1S/C21H22F2N4O3S/c22-16-6-8-18(27-31(29,30)15-4-1-12(11-28)2-5-15)20(23)19(16)13-3-7-17-14(9-13)10-25-21(24)26-17/h3,6-10,12,15,27-28H,1-2,4-5,11H2,(H2,24,25,26)/t12-,15+. The van der Waals surface area contributed by atoms with E-state index in [9.17, 15) is 17.9 Å². The van der Waals surface area contributed by atoms with Crippen molar-refractivity contribution in [3.8, 4) is 11.1 Å². The second-order valence-electron chi connectivity index (χ2n) is 7.76. The molecule has 1 aliphatic carbocycles. The summed E-state index contributed by atoms with van der Waals surface area (Å²) >= 11 is 0. The zero-order valence-corrected chi connectivity index (χ0v) is 17.4. The van der Waals surface area contributed by atoms with Gasteiger partial charge in [0.05, 0.1) is 22.0 Å². The summed E-state index contributed by atoms with van der Waals surface area (Å²) in [5.41, 5.74) is 5.65. The molecule has 3 aromatic rings. The smallest absolute Gasteiger partial charge is 0.235 e. The maximum atomic E-state index is 15.2. The third kappa shape index (κ3) is 4.31. The predicted octanol–water partition coefficient (Wildman–Crippen LogP) is 3.45. The van der Waals surface area contributed by atoms with Crippen molar-refractivity contribution in [1.29, 1.82) is 0 Å². The molecule has 0 unspecified atom stereocenters. The molecule has 0 aliphatic heterocycles. The molecular weight excluding hydrogens is 426 g/mol. The molecule has 1 aromatic heterocycles. The molecular formula is C21H22F2N4O3S. The molecule has 0 atom stereocenters. The average Bonchev–Trinajstić information content (AvgIpc) is 2.76. The molecule has 0 amide bonds. The number of nitrogen functional groups attached to an aromatic ring is 1. The molecule has 0 spiro atoms. The quantitative estimate of drug-likeness (QED) is 0.550. The number of hydrogen-bond donors (Lipinski definition) is 3. The SMILES string of the molecule is Nc1ncc2cc(-c3c(F)ccc(NS(=O)(=O)[C@H]4CC[C@@H](CO)CC4)c3F)ccc2n1. The molecule has 4 rings (SSSR count). The maximum Gasteiger partial charge on any atom is 0.235 e. The number of sulfonamides is 1. The maximum absolute atomic E-state index is 15.2. The summed E-state index contributed by atoms with van der Waals surface area (Å²) < 4.78 is 57.7. The van der Waals surface area contributed by atoms with Crippen molar-refractivity contribution in [1.82, 2.24) is 9.97 Å². The number of aliphatic hydroxyl groups excluding tert-OH is 1. The summed E-state index contributed by atoms with van der Waals surface area (Å²) in [5, 5.41) is 9.08. The third-order valence-electron chi connectivity index (χ3n) is 5.72. The van der Waals surface area contributed by atoms with E-state index >= 15 is 4.39 Å². The van der Waals surface area contributed by atoms with Gasteiger partial charge in [0.25, 0.3) is 0 Å². The Morgan fingerprint density at radius 3 is 2.58 bits per heavy atom. The van der Waals surface area contributed by atoms with Crippen molar-refractivity contribution in [2.75, 3.05) is 17.1 Å². The monoisotopic (exact) mass is 448 g/mol. The first-order valence-electron chi connectivity index (χ1n) is 9.91. The number of benzene rings is 2. The van der Waals surface area contributed by atoms with Crippen LogP contribution in [-0.2, 0) is 10.0 Å². The van der Waals surface area contributed by atoms with E-state index in [1.807, 2.05) is 0 Å². The van der Waals surface area contributed by atoms with Crippen molar-refractivity contribution in [2.24, 2.45) is 5.92 Å². The predicted molar refractivity (Wildman–Crippen MR) is 115 cm³/mol. The molecule has 1 fully saturated rings. The van der Waals surface area contributed by atoms with Crippen molar-refractivity contribution < 1.29 is 22.3 Å². The molecule has 1 heterocycles. The van der Waals surface area contributed by atoms with Gasteiger partial charge in [-0.1, -0.05) is 6.07 Å². The van der Waals surface area contributed by atoms with Gasteiger partial charge in [-0.05, 0) is 61.4 Å². The van der Waals surface area contributed by atoms with Gasteiger partial charge < -0.3 is 10.8 Å². The number of anilines is 2. The van der Waals surface area contributed by atoms with E-state index in [2.05, 4.69) is 14.7 Å². The van der Waals surface area contributed by atoms with Crippen LogP contribution in [0, 0.1) is 17.6 Å². The Bertz CT molecular complexity index is 1230. The number of nitrogens with zero attached hydrogens (tertiary/aromatic N) is 2. The zero-order chi connectivity index (χ0) is 22.2. The Balaban J connectivity index is 1.66. The van der Waals surface area contributed by atoms with Crippen LogP contribution in [0.5, 0.6) is 0 Å². The summed E-state index contributed by atoms with van der Waals surface area (Å²) in [7, 11) is -3.87. The van der Waals surface area contributed by atoms with Crippen LogP contribution in [0.15, 0.2) is 36.5 Å². The highest BCUT2D eigenvalue weighted by Crippen LogP contribution is 2.34. The molecule has 1 aliphatic rings. The number of halogens is 2. The minimum atomic E-state index is -3.87. The largest absolute Gasteiger partial charge is 0.396 e. The lowest BCUT2D eigenvalue weighted by Crippen LogP contribution is -2.32. The number of aliphatic hydroxyl groups is 1. The second kappa shape index (κ2) is 8.35. The van der Waals surface area contributed by atoms with Gasteiger partial charge in [-0.3, -0.25) is 4.72 Å². The van der Waals surface area contributed by atoms with E-state index in [0.717, 1.165) is 12.1 Å². The molecule has 4 N–H and O–H groups in total.